The second-order valence-electron chi connectivity index (χ2n) is 4.57. The van der Waals surface area contributed by atoms with E-state index in [2.05, 4.69) is 34.8 Å². The zero-order valence-electron chi connectivity index (χ0n) is 9.69. The van der Waals surface area contributed by atoms with Crippen LogP contribution in [0.5, 0.6) is 5.75 Å². The van der Waals surface area contributed by atoms with Gasteiger partial charge in [-0.15, -0.1) is 0 Å². The van der Waals surface area contributed by atoms with Crippen LogP contribution in [0, 0.1) is 0 Å². The monoisotopic (exact) mass is 233 g/mol. The fourth-order valence-electron chi connectivity index (χ4n) is 1.38. The lowest BCUT2D eigenvalue weighted by molar-refractivity contribution is 0.558. The van der Waals surface area contributed by atoms with E-state index in [-0.39, 0.29) is 0 Å². The van der Waals surface area contributed by atoms with E-state index in [1.807, 2.05) is 24.3 Å². The fourth-order valence-corrected chi connectivity index (χ4v) is 2.22. The maximum atomic E-state index is 5.87. The average molecular weight is 233 g/mol. The smallest absolute Gasteiger partial charge is 0.242 e. The number of aromatic amines is 1. The molecule has 16 heavy (non-hydrogen) atoms. The topological polar surface area (TPSA) is 50.8 Å². The molecule has 0 atom stereocenters. The molecule has 4 nitrogen and oxygen atoms in total. The molecule has 0 aliphatic heterocycles. The third-order valence-corrected chi connectivity index (χ3v) is 2.81. The number of nitrogens with one attached hydrogen (secondary N) is 1. The molecule has 0 saturated carbocycles. The van der Waals surface area contributed by atoms with Gasteiger partial charge in [0.15, 0.2) is 5.82 Å². The Hall–Kier alpha value is -1.62. The summed E-state index contributed by atoms with van der Waals surface area (Å²) in [5, 5.41) is 6.65. The molecule has 0 amide bonds. The van der Waals surface area contributed by atoms with Gasteiger partial charge in [-0.05, 0) is 43.9 Å². The molecule has 1 aromatic heterocycles. The van der Waals surface area contributed by atoms with Crippen LogP contribution in [0.1, 0.15) is 0 Å². The third kappa shape index (κ3) is 2.70. The number of aromatic nitrogens is 3. The Morgan fingerprint density at radius 3 is 2.31 bits per heavy atom. The van der Waals surface area contributed by atoms with Gasteiger partial charge >= 0.3 is 0 Å². The van der Waals surface area contributed by atoms with Crippen LogP contribution in [0.15, 0.2) is 30.6 Å². The molecule has 0 unspecified atom stereocenters. The standard InChI is InChI=1S/C11H15N3OSi/c1-16(2,3)15-10-6-4-9(5-7-10)11-12-8-13-14-11/h4-8H,1-3H3,(H,12,13,14). The molecule has 0 saturated heterocycles. The normalized spacial score (nSPS) is 11.4. The Balaban J connectivity index is 2.17. The van der Waals surface area contributed by atoms with Crippen LogP contribution in [-0.2, 0) is 0 Å². The minimum atomic E-state index is -1.52. The summed E-state index contributed by atoms with van der Waals surface area (Å²) in [7, 11) is -1.52. The highest BCUT2D eigenvalue weighted by molar-refractivity contribution is 6.70. The molecule has 1 aromatic carbocycles. The van der Waals surface area contributed by atoms with Crippen LogP contribution in [0.25, 0.3) is 11.4 Å². The van der Waals surface area contributed by atoms with Gasteiger partial charge in [-0.1, -0.05) is 0 Å². The summed E-state index contributed by atoms with van der Waals surface area (Å²) in [6, 6.07) is 7.90. The Morgan fingerprint density at radius 1 is 1.12 bits per heavy atom. The van der Waals surface area contributed by atoms with E-state index in [0.29, 0.717) is 0 Å². The second kappa shape index (κ2) is 4.09. The van der Waals surface area contributed by atoms with E-state index in [4.69, 9.17) is 4.43 Å². The van der Waals surface area contributed by atoms with Gasteiger partial charge in [0.25, 0.3) is 0 Å². The summed E-state index contributed by atoms with van der Waals surface area (Å²) in [5.41, 5.74) is 1.01. The Morgan fingerprint density at radius 2 is 1.81 bits per heavy atom. The van der Waals surface area contributed by atoms with E-state index in [1.54, 1.807) is 0 Å². The van der Waals surface area contributed by atoms with E-state index < -0.39 is 8.32 Å². The molecule has 2 rings (SSSR count). The van der Waals surface area contributed by atoms with Crippen molar-refractivity contribution in [3.63, 3.8) is 0 Å². The summed E-state index contributed by atoms with van der Waals surface area (Å²) in [5.74, 6) is 1.70. The molecule has 5 heteroatoms. The van der Waals surface area contributed by atoms with Gasteiger partial charge in [0.1, 0.15) is 12.1 Å². The third-order valence-electron chi connectivity index (χ3n) is 1.97. The van der Waals surface area contributed by atoms with Crippen LogP contribution in [0.3, 0.4) is 0 Å². The first-order valence-corrected chi connectivity index (χ1v) is 8.60. The molecular formula is C11H15N3OSi. The van der Waals surface area contributed by atoms with E-state index in [1.165, 1.54) is 6.33 Å². The van der Waals surface area contributed by atoms with Crippen LogP contribution >= 0.6 is 0 Å². The zero-order valence-corrected chi connectivity index (χ0v) is 10.7. The van der Waals surface area contributed by atoms with Gasteiger partial charge in [0, 0.05) is 5.56 Å². The van der Waals surface area contributed by atoms with E-state index in [9.17, 15) is 0 Å². The van der Waals surface area contributed by atoms with Gasteiger partial charge in [-0.2, -0.15) is 5.10 Å². The van der Waals surface area contributed by atoms with Crippen LogP contribution in [0.2, 0.25) is 19.6 Å². The lowest BCUT2D eigenvalue weighted by atomic mass is 10.2. The number of hydrogen-bond acceptors (Lipinski definition) is 3. The molecule has 0 spiro atoms. The first-order chi connectivity index (χ1) is 7.54. The van der Waals surface area contributed by atoms with Crippen molar-refractivity contribution in [2.75, 3.05) is 0 Å². The lowest BCUT2D eigenvalue weighted by Gasteiger charge is -2.19. The first kappa shape index (κ1) is 10.9. The molecule has 0 fully saturated rings. The highest BCUT2D eigenvalue weighted by atomic mass is 28.4. The number of nitrogens with zero attached hydrogens (tertiary/aromatic N) is 2. The van der Waals surface area contributed by atoms with Crippen molar-refractivity contribution < 1.29 is 4.43 Å². The highest BCUT2D eigenvalue weighted by Crippen LogP contribution is 2.20. The van der Waals surface area contributed by atoms with Gasteiger partial charge in [0.05, 0.1) is 0 Å². The van der Waals surface area contributed by atoms with Crippen molar-refractivity contribution in [1.29, 1.82) is 0 Å². The van der Waals surface area contributed by atoms with E-state index in [0.717, 1.165) is 17.1 Å². The molecular weight excluding hydrogens is 218 g/mol. The lowest BCUT2D eigenvalue weighted by Crippen LogP contribution is -2.29. The minimum absolute atomic E-state index is 0.777. The molecule has 0 bridgehead atoms. The average Bonchev–Trinajstić information content (AvgIpc) is 2.69. The molecule has 0 aliphatic carbocycles. The second-order valence-corrected chi connectivity index (χ2v) is 9.00. The fraction of sp³-hybridized carbons (Fsp3) is 0.273. The summed E-state index contributed by atoms with van der Waals surface area (Å²) in [6.45, 7) is 6.49. The highest BCUT2D eigenvalue weighted by Gasteiger charge is 2.15. The first-order valence-electron chi connectivity index (χ1n) is 5.19. The number of rotatable bonds is 3. The SMILES string of the molecule is C[Si](C)(C)Oc1ccc(-c2ncn[nH]2)cc1. The molecule has 0 aliphatic rings. The van der Waals surface area contributed by atoms with Crippen LogP contribution < -0.4 is 4.43 Å². The van der Waals surface area contributed by atoms with Crippen molar-refractivity contribution in [2.45, 2.75) is 19.6 Å². The maximum absolute atomic E-state index is 5.87. The number of H-pyrrole nitrogens is 1. The Bertz CT molecular complexity index is 445. The Labute approximate surface area is 95.8 Å². The summed E-state index contributed by atoms with van der Waals surface area (Å²) >= 11 is 0. The van der Waals surface area contributed by atoms with Crippen molar-refractivity contribution >= 4 is 8.32 Å². The predicted molar refractivity (Wildman–Crippen MR) is 65.8 cm³/mol. The minimum Gasteiger partial charge on any atom is -0.544 e. The molecule has 1 heterocycles. The van der Waals surface area contributed by atoms with Crippen LogP contribution in [0.4, 0.5) is 0 Å². The van der Waals surface area contributed by atoms with Gasteiger partial charge in [-0.3, -0.25) is 5.10 Å². The summed E-state index contributed by atoms with van der Waals surface area (Å²) in [6.07, 6.45) is 1.50. The van der Waals surface area contributed by atoms with Crippen molar-refractivity contribution in [2.24, 2.45) is 0 Å². The zero-order chi connectivity index (χ0) is 11.6. The molecule has 0 radical (unpaired) electrons. The van der Waals surface area contributed by atoms with Crippen molar-refractivity contribution in [3.8, 4) is 17.1 Å². The van der Waals surface area contributed by atoms with Crippen molar-refractivity contribution in [3.05, 3.63) is 30.6 Å². The quantitative estimate of drug-likeness (QED) is 0.829. The van der Waals surface area contributed by atoms with Crippen molar-refractivity contribution in [1.82, 2.24) is 15.2 Å². The summed E-state index contributed by atoms with van der Waals surface area (Å²) < 4.78 is 5.87. The van der Waals surface area contributed by atoms with E-state index >= 15 is 0 Å². The van der Waals surface area contributed by atoms with Gasteiger partial charge in [0.2, 0.25) is 8.32 Å². The summed E-state index contributed by atoms with van der Waals surface area (Å²) in [4.78, 5) is 4.09. The van der Waals surface area contributed by atoms with Crippen LogP contribution in [-0.4, -0.2) is 23.5 Å². The largest absolute Gasteiger partial charge is 0.544 e. The maximum Gasteiger partial charge on any atom is 0.242 e. The molecule has 2 aromatic rings. The molecule has 84 valence electrons. The van der Waals surface area contributed by atoms with Gasteiger partial charge in [-0.25, -0.2) is 4.98 Å². The molecule has 1 N–H and O–H groups in total. The Kier molecular flexibility index (Phi) is 2.78. The van der Waals surface area contributed by atoms with Gasteiger partial charge < -0.3 is 4.43 Å². The predicted octanol–water partition coefficient (Wildman–Crippen LogP) is 2.69. The number of hydrogen-bond donors (Lipinski definition) is 1. The number of benzene rings is 1.